The van der Waals surface area contributed by atoms with E-state index in [4.69, 9.17) is 5.14 Å². The molecule has 1 rings (SSSR count). The van der Waals surface area contributed by atoms with E-state index < -0.39 is 10.0 Å². The fraction of sp³-hybridized carbons (Fsp3) is 0.636. The first-order chi connectivity index (χ1) is 7.81. The summed E-state index contributed by atoms with van der Waals surface area (Å²) in [6.07, 6.45) is 0.545. The molecule has 1 heterocycles. The second-order valence-electron chi connectivity index (χ2n) is 4.35. The van der Waals surface area contributed by atoms with Crippen LogP contribution < -0.4 is 10.5 Å². The Labute approximate surface area is 103 Å². The van der Waals surface area contributed by atoms with Gasteiger partial charge in [-0.1, -0.05) is 0 Å². The number of rotatable bonds is 6. The van der Waals surface area contributed by atoms with Crippen LogP contribution in [0.15, 0.2) is 6.07 Å². The van der Waals surface area contributed by atoms with Crippen LogP contribution in [0.4, 0.5) is 0 Å². The molecule has 0 bridgehead atoms. The maximum absolute atomic E-state index is 10.7. The number of aryl methyl sites for hydroxylation is 1. The van der Waals surface area contributed by atoms with Gasteiger partial charge in [0.15, 0.2) is 0 Å². The normalized spacial score (nSPS) is 12.0. The highest BCUT2D eigenvalue weighted by molar-refractivity contribution is 7.89. The van der Waals surface area contributed by atoms with Gasteiger partial charge < -0.3 is 9.88 Å². The zero-order valence-electron chi connectivity index (χ0n) is 10.7. The summed E-state index contributed by atoms with van der Waals surface area (Å²) in [4.78, 5) is 0. The summed E-state index contributed by atoms with van der Waals surface area (Å²) < 4.78 is 23.6. The highest BCUT2D eigenvalue weighted by atomic mass is 32.2. The van der Waals surface area contributed by atoms with Crippen LogP contribution in [0.3, 0.4) is 0 Å². The molecular formula is C11H21N3O2S. The molecule has 0 amide bonds. The topological polar surface area (TPSA) is 77.1 Å². The molecular weight excluding hydrogens is 238 g/mol. The predicted octanol–water partition coefficient (Wildman–Crippen LogP) is 0.410. The van der Waals surface area contributed by atoms with E-state index in [1.54, 1.807) is 0 Å². The van der Waals surface area contributed by atoms with Crippen LogP contribution in [0.5, 0.6) is 0 Å². The molecule has 0 unspecified atom stereocenters. The van der Waals surface area contributed by atoms with E-state index in [9.17, 15) is 8.42 Å². The second-order valence-corrected chi connectivity index (χ2v) is 6.09. The molecule has 1 aromatic rings. The first-order valence-electron chi connectivity index (χ1n) is 5.64. The molecule has 0 aromatic carbocycles. The lowest BCUT2D eigenvalue weighted by Gasteiger charge is -2.05. The fourth-order valence-corrected chi connectivity index (χ4v) is 2.28. The predicted molar refractivity (Wildman–Crippen MR) is 69.2 cm³/mol. The van der Waals surface area contributed by atoms with Gasteiger partial charge in [-0.25, -0.2) is 13.6 Å². The molecule has 0 saturated carbocycles. The minimum absolute atomic E-state index is 0.0345. The van der Waals surface area contributed by atoms with E-state index in [1.807, 2.05) is 7.05 Å². The molecule has 0 fully saturated rings. The van der Waals surface area contributed by atoms with Gasteiger partial charge in [-0.05, 0) is 38.4 Å². The first-order valence-corrected chi connectivity index (χ1v) is 7.36. The molecule has 1 aromatic heterocycles. The van der Waals surface area contributed by atoms with Crippen molar-refractivity contribution in [2.75, 3.05) is 12.3 Å². The van der Waals surface area contributed by atoms with Gasteiger partial charge in [0.05, 0.1) is 5.75 Å². The lowest BCUT2D eigenvalue weighted by molar-refractivity contribution is 0.590. The summed E-state index contributed by atoms with van der Waals surface area (Å²) in [5.74, 6) is 0.0345. The molecule has 6 heteroatoms. The minimum atomic E-state index is -3.32. The standard InChI is InChI=1S/C11H21N3O2S/c1-9-7-11(10(2)14(9)3)8-13-5-4-6-17(12,15)16/h7,13H,4-6,8H2,1-3H3,(H2,12,15,16). The van der Waals surface area contributed by atoms with Crippen molar-refractivity contribution in [2.24, 2.45) is 12.2 Å². The van der Waals surface area contributed by atoms with Crippen LogP contribution >= 0.6 is 0 Å². The molecule has 98 valence electrons. The quantitative estimate of drug-likeness (QED) is 0.726. The van der Waals surface area contributed by atoms with Crippen LogP contribution in [-0.4, -0.2) is 25.3 Å². The molecule has 0 saturated heterocycles. The van der Waals surface area contributed by atoms with Crippen molar-refractivity contribution in [1.29, 1.82) is 0 Å². The Hall–Kier alpha value is -0.850. The molecule has 0 aliphatic rings. The largest absolute Gasteiger partial charge is 0.352 e. The van der Waals surface area contributed by atoms with Crippen molar-refractivity contribution >= 4 is 10.0 Å². The number of nitrogens with zero attached hydrogens (tertiary/aromatic N) is 1. The number of sulfonamides is 1. The monoisotopic (exact) mass is 259 g/mol. The Morgan fingerprint density at radius 3 is 2.53 bits per heavy atom. The molecule has 0 atom stereocenters. The third-order valence-corrected chi connectivity index (χ3v) is 3.84. The van der Waals surface area contributed by atoms with Crippen LogP contribution in [0.2, 0.25) is 0 Å². The van der Waals surface area contributed by atoms with Gasteiger partial charge in [0, 0.05) is 25.0 Å². The third kappa shape index (κ3) is 4.49. The molecule has 3 N–H and O–H groups in total. The first kappa shape index (κ1) is 14.2. The maximum Gasteiger partial charge on any atom is 0.209 e. The SMILES string of the molecule is Cc1cc(CNCCCS(N)(=O)=O)c(C)n1C. The summed E-state index contributed by atoms with van der Waals surface area (Å²) in [7, 11) is -1.29. The Balaban J connectivity index is 2.34. The lowest BCUT2D eigenvalue weighted by Crippen LogP contribution is -2.22. The van der Waals surface area contributed by atoms with Gasteiger partial charge in [-0.3, -0.25) is 0 Å². The summed E-state index contributed by atoms with van der Waals surface area (Å²) in [5.41, 5.74) is 3.71. The number of hydrogen-bond acceptors (Lipinski definition) is 3. The highest BCUT2D eigenvalue weighted by Crippen LogP contribution is 2.12. The molecule has 0 radical (unpaired) electrons. The smallest absolute Gasteiger partial charge is 0.209 e. The Kier molecular flexibility index (Phi) is 4.73. The number of primary sulfonamides is 1. The molecule has 0 spiro atoms. The van der Waals surface area contributed by atoms with Crippen LogP contribution in [0, 0.1) is 13.8 Å². The zero-order chi connectivity index (χ0) is 13.1. The second kappa shape index (κ2) is 5.66. The van der Waals surface area contributed by atoms with Gasteiger partial charge in [0.25, 0.3) is 0 Å². The van der Waals surface area contributed by atoms with Gasteiger partial charge >= 0.3 is 0 Å². The highest BCUT2D eigenvalue weighted by Gasteiger charge is 2.05. The van der Waals surface area contributed by atoms with Gasteiger partial charge in [-0.15, -0.1) is 0 Å². The van der Waals surface area contributed by atoms with Crippen molar-refractivity contribution in [3.63, 3.8) is 0 Å². The third-order valence-electron chi connectivity index (χ3n) is 2.98. The average molecular weight is 259 g/mol. The number of aromatic nitrogens is 1. The summed E-state index contributed by atoms with van der Waals surface area (Å²) in [6, 6.07) is 2.14. The Morgan fingerprint density at radius 1 is 1.41 bits per heavy atom. The van der Waals surface area contributed by atoms with Crippen molar-refractivity contribution in [3.05, 3.63) is 23.0 Å². The van der Waals surface area contributed by atoms with Crippen LogP contribution in [0.1, 0.15) is 23.4 Å². The van der Waals surface area contributed by atoms with Crippen molar-refractivity contribution in [1.82, 2.24) is 9.88 Å². The maximum atomic E-state index is 10.7. The van der Waals surface area contributed by atoms with Crippen molar-refractivity contribution in [2.45, 2.75) is 26.8 Å². The Bertz CT molecular complexity index is 477. The number of nitrogens with one attached hydrogen (secondary N) is 1. The number of hydrogen-bond donors (Lipinski definition) is 2. The Morgan fingerprint density at radius 2 is 2.06 bits per heavy atom. The van der Waals surface area contributed by atoms with E-state index >= 15 is 0 Å². The van der Waals surface area contributed by atoms with E-state index in [0.29, 0.717) is 13.0 Å². The van der Waals surface area contributed by atoms with E-state index in [2.05, 4.69) is 29.8 Å². The van der Waals surface area contributed by atoms with Crippen molar-refractivity contribution in [3.8, 4) is 0 Å². The molecule has 5 nitrogen and oxygen atoms in total. The minimum Gasteiger partial charge on any atom is -0.352 e. The van der Waals surface area contributed by atoms with Gasteiger partial charge in [-0.2, -0.15) is 0 Å². The van der Waals surface area contributed by atoms with Crippen LogP contribution in [0.25, 0.3) is 0 Å². The van der Waals surface area contributed by atoms with Gasteiger partial charge in [0.2, 0.25) is 10.0 Å². The summed E-state index contributed by atoms with van der Waals surface area (Å²) >= 11 is 0. The summed E-state index contributed by atoms with van der Waals surface area (Å²) in [6.45, 7) is 5.56. The number of nitrogens with two attached hydrogens (primary N) is 1. The molecule has 0 aliphatic carbocycles. The van der Waals surface area contributed by atoms with E-state index in [1.165, 1.54) is 17.0 Å². The fourth-order valence-electron chi connectivity index (χ4n) is 1.73. The van der Waals surface area contributed by atoms with E-state index in [-0.39, 0.29) is 5.75 Å². The zero-order valence-corrected chi connectivity index (χ0v) is 11.5. The average Bonchev–Trinajstić information content (AvgIpc) is 2.44. The molecule has 17 heavy (non-hydrogen) atoms. The van der Waals surface area contributed by atoms with Gasteiger partial charge in [0.1, 0.15) is 0 Å². The summed E-state index contributed by atoms with van der Waals surface area (Å²) in [5, 5.41) is 8.14. The van der Waals surface area contributed by atoms with E-state index in [0.717, 1.165) is 6.54 Å². The molecule has 0 aliphatic heterocycles. The lowest BCUT2D eigenvalue weighted by atomic mass is 10.2. The van der Waals surface area contributed by atoms with Crippen LogP contribution in [-0.2, 0) is 23.6 Å². The van der Waals surface area contributed by atoms with Crippen molar-refractivity contribution < 1.29 is 8.42 Å².